The molecule has 1 spiro atoms. The average molecular weight is 350 g/mol. The molecule has 26 heavy (non-hydrogen) atoms. The minimum Gasteiger partial charge on any atom is -0.484 e. The molecule has 4 heteroatoms. The summed E-state index contributed by atoms with van der Waals surface area (Å²) < 4.78 is 5.70. The molecule has 2 aliphatic heterocycles. The maximum absolute atomic E-state index is 12.9. The molecule has 2 aromatic carbocycles. The zero-order valence-electron chi connectivity index (χ0n) is 15.4. The van der Waals surface area contributed by atoms with Crippen molar-refractivity contribution in [2.45, 2.75) is 24.8 Å². The first-order chi connectivity index (χ1) is 12.7. The highest BCUT2D eigenvalue weighted by Gasteiger charge is 2.42. The summed E-state index contributed by atoms with van der Waals surface area (Å²) in [6, 6.07) is 18.2. The predicted molar refractivity (Wildman–Crippen MR) is 102 cm³/mol. The van der Waals surface area contributed by atoms with Crippen LogP contribution in [0.1, 0.15) is 24.0 Å². The van der Waals surface area contributed by atoms with E-state index in [1.807, 2.05) is 35.2 Å². The van der Waals surface area contributed by atoms with Crippen molar-refractivity contribution in [3.05, 3.63) is 65.7 Å². The Morgan fingerprint density at radius 3 is 2.50 bits per heavy atom. The van der Waals surface area contributed by atoms with Crippen LogP contribution in [0, 0.1) is 0 Å². The SMILES string of the molecule is CN1CCC2(CC1)CN(C(=O)COc1ccccc1)Cc1ccccc12. The summed E-state index contributed by atoms with van der Waals surface area (Å²) in [5, 5.41) is 0. The third kappa shape index (κ3) is 3.34. The van der Waals surface area contributed by atoms with Gasteiger partial charge in [-0.3, -0.25) is 4.79 Å². The maximum Gasteiger partial charge on any atom is 0.260 e. The van der Waals surface area contributed by atoms with Crippen LogP contribution in [-0.4, -0.2) is 49.0 Å². The Hall–Kier alpha value is -2.33. The van der Waals surface area contributed by atoms with Gasteiger partial charge in [-0.05, 0) is 56.2 Å². The van der Waals surface area contributed by atoms with Crippen LogP contribution in [0.3, 0.4) is 0 Å². The number of para-hydroxylation sites is 1. The van der Waals surface area contributed by atoms with E-state index < -0.39 is 0 Å². The highest BCUT2D eigenvalue weighted by atomic mass is 16.5. The quantitative estimate of drug-likeness (QED) is 0.853. The summed E-state index contributed by atoms with van der Waals surface area (Å²) in [5.74, 6) is 0.814. The number of carbonyl (C=O) groups excluding carboxylic acids is 1. The van der Waals surface area contributed by atoms with Crippen LogP contribution in [0.2, 0.25) is 0 Å². The zero-order chi connectivity index (χ0) is 18.0. The number of rotatable bonds is 3. The summed E-state index contributed by atoms with van der Waals surface area (Å²) in [6.07, 6.45) is 2.20. The van der Waals surface area contributed by atoms with Gasteiger partial charge in [-0.25, -0.2) is 0 Å². The molecule has 136 valence electrons. The Kier molecular flexibility index (Phi) is 4.68. The maximum atomic E-state index is 12.9. The minimum atomic E-state index is 0.0710. The number of amides is 1. The number of carbonyl (C=O) groups is 1. The first-order valence-electron chi connectivity index (χ1n) is 9.39. The lowest BCUT2D eigenvalue weighted by Crippen LogP contribution is -2.53. The Morgan fingerprint density at radius 1 is 1.04 bits per heavy atom. The zero-order valence-corrected chi connectivity index (χ0v) is 15.4. The number of likely N-dealkylation sites (tertiary alicyclic amines) is 1. The molecule has 4 rings (SSSR count). The lowest BCUT2D eigenvalue weighted by molar-refractivity contribution is -0.136. The molecular weight excluding hydrogens is 324 g/mol. The highest BCUT2D eigenvalue weighted by molar-refractivity contribution is 5.78. The minimum absolute atomic E-state index is 0.0710. The van der Waals surface area contributed by atoms with Crippen LogP contribution in [0.5, 0.6) is 5.75 Å². The van der Waals surface area contributed by atoms with Crippen molar-refractivity contribution in [2.24, 2.45) is 0 Å². The molecule has 0 aliphatic carbocycles. The number of hydrogen-bond acceptors (Lipinski definition) is 3. The van der Waals surface area contributed by atoms with E-state index >= 15 is 0 Å². The Labute approximate surface area is 155 Å². The summed E-state index contributed by atoms with van der Waals surface area (Å²) in [4.78, 5) is 17.2. The number of piperidine rings is 1. The van der Waals surface area contributed by atoms with E-state index in [9.17, 15) is 4.79 Å². The van der Waals surface area contributed by atoms with E-state index in [0.29, 0.717) is 6.54 Å². The van der Waals surface area contributed by atoms with Crippen molar-refractivity contribution in [1.82, 2.24) is 9.80 Å². The van der Waals surface area contributed by atoms with Gasteiger partial charge >= 0.3 is 0 Å². The van der Waals surface area contributed by atoms with E-state index in [4.69, 9.17) is 4.74 Å². The van der Waals surface area contributed by atoms with Gasteiger partial charge in [0.15, 0.2) is 6.61 Å². The van der Waals surface area contributed by atoms with Crippen LogP contribution in [0.15, 0.2) is 54.6 Å². The van der Waals surface area contributed by atoms with Crippen molar-refractivity contribution in [3.8, 4) is 5.75 Å². The molecule has 0 unspecified atom stereocenters. The molecule has 2 aromatic rings. The third-order valence-electron chi connectivity index (χ3n) is 5.85. The van der Waals surface area contributed by atoms with E-state index in [2.05, 4.69) is 36.2 Å². The van der Waals surface area contributed by atoms with Crippen molar-refractivity contribution in [3.63, 3.8) is 0 Å². The lowest BCUT2D eigenvalue weighted by atomic mass is 9.69. The van der Waals surface area contributed by atoms with Gasteiger partial charge in [0.05, 0.1) is 0 Å². The summed E-state index contributed by atoms with van der Waals surface area (Å²) in [7, 11) is 2.18. The molecule has 4 nitrogen and oxygen atoms in total. The topological polar surface area (TPSA) is 32.8 Å². The molecule has 2 heterocycles. The standard InChI is InChI=1S/C22H26N2O2/c1-23-13-11-22(12-14-23)17-24(15-18-7-5-6-10-20(18)22)21(25)16-26-19-8-3-2-4-9-19/h2-10H,11-17H2,1H3. The average Bonchev–Trinajstić information content (AvgIpc) is 2.69. The largest absolute Gasteiger partial charge is 0.484 e. The summed E-state index contributed by atoms with van der Waals surface area (Å²) in [6.45, 7) is 3.75. The van der Waals surface area contributed by atoms with Crippen LogP contribution >= 0.6 is 0 Å². The first kappa shape index (κ1) is 17.1. The van der Waals surface area contributed by atoms with Gasteiger partial charge in [-0.15, -0.1) is 0 Å². The molecule has 1 fully saturated rings. The smallest absolute Gasteiger partial charge is 0.260 e. The highest BCUT2D eigenvalue weighted by Crippen LogP contribution is 2.41. The number of hydrogen-bond donors (Lipinski definition) is 0. The van der Waals surface area contributed by atoms with Gasteiger partial charge in [-0.1, -0.05) is 42.5 Å². The first-order valence-corrected chi connectivity index (χ1v) is 9.39. The Bertz CT molecular complexity index is 767. The molecular formula is C22H26N2O2. The van der Waals surface area contributed by atoms with Gasteiger partial charge < -0.3 is 14.5 Å². The molecule has 0 radical (unpaired) electrons. The van der Waals surface area contributed by atoms with Crippen molar-refractivity contribution in [1.29, 1.82) is 0 Å². The van der Waals surface area contributed by atoms with E-state index in [1.165, 1.54) is 11.1 Å². The monoisotopic (exact) mass is 350 g/mol. The molecule has 0 saturated carbocycles. The number of ether oxygens (including phenoxy) is 1. The molecule has 0 bridgehead atoms. The fourth-order valence-electron chi connectivity index (χ4n) is 4.29. The second-order valence-corrected chi connectivity index (χ2v) is 7.59. The number of fused-ring (bicyclic) bond motifs is 2. The number of benzene rings is 2. The molecule has 1 saturated heterocycles. The van der Waals surface area contributed by atoms with Gasteiger partial charge in [0.1, 0.15) is 5.75 Å². The van der Waals surface area contributed by atoms with Crippen molar-refractivity contribution >= 4 is 5.91 Å². The fourth-order valence-corrected chi connectivity index (χ4v) is 4.29. The molecule has 2 aliphatic rings. The van der Waals surface area contributed by atoms with E-state index in [0.717, 1.165) is 38.2 Å². The van der Waals surface area contributed by atoms with E-state index in [-0.39, 0.29) is 17.9 Å². The van der Waals surface area contributed by atoms with Gasteiger partial charge in [-0.2, -0.15) is 0 Å². The van der Waals surface area contributed by atoms with Crippen molar-refractivity contribution < 1.29 is 9.53 Å². The van der Waals surface area contributed by atoms with Gasteiger partial charge in [0.2, 0.25) is 0 Å². The molecule has 0 N–H and O–H groups in total. The fraction of sp³-hybridized carbons (Fsp3) is 0.409. The molecule has 1 amide bonds. The van der Waals surface area contributed by atoms with Crippen LogP contribution < -0.4 is 4.74 Å². The van der Waals surface area contributed by atoms with Gasteiger partial charge in [0, 0.05) is 18.5 Å². The summed E-state index contributed by atoms with van der Waals surface area (Å²) in [5.41, 5.74) is 2.82. The van der Waals surface area contributed by atoms with Crippen LogP contribution in [0.4, 0.5) is 0 Å². The lowest BCUT2D eigenvalue weighted by Gasteiger charge is -2.48. The second kappa shape index (κ2) is 7.12. The Morgan fingerprint density at radius 2 is 1.73 bits per heavy atom. The van der Waals surface area contributed by atoms with Crippen molar-refractivity contribution in [2.75, 3.05) is 33.3 Å². The molecule has 0 atom stereocenters. The van der Waals surface area contributed by atoms with Gasteiger partial charge in [0.25, 0.3) is 5.91 Å². The normalized spacial score (nSPS) is 19.2. The second-order valence-electron chi connectivity index (χ2n) is 7.59. The predicted octanol–water partition coefficient (Wildman–Crippen LogP) is 3.07. The number of nitrogens with zero attached hydrogens (tertiary/aromatic N) is 2. The third-order valence-corrected chi connectivity index (χ3v) is 5.85. The van der Waals surface area contributed by atoms with Crippen LogP contribution in [0.25, 0.3) is 0 Å². The molecule has 0 aromatic heterocycles. The Balaban J connectivity index is 1.52. The van der Waals surface area contributed by atoms with Crippen LogP contribution in [-0.2, 0) is 16.8 Å². The summed E-state index contributed by atoms with van der Waals surface area (Å²) >= 11 is 0. The van der Waals surface area contributed by atoms with E-state index in [1.54, 1.807) is 0 Å².